The fraction of sp³-hybridized carbons (Fsp3) is 0.370. The van der Waals surface area contributed by atoms with E-state index in [-0.39, 0.29) is 0 Å². The number of piperazine rings is 2. The molecule has 2 fully saturated rings. The summed E-state index contributed by atoms with van der Waals surface area (Å²) in [5, 5.41) is 1.11. The molecule has 8 nitrogen and oxygen atoms in total. The summed E-state index contributed by atoms with van der Waals surface area (Å²) in [5.41, 5.74) is 5.35. The molecular weight excluding hydrogens is 436 g/mol. The van der Waals surface area contributed by atoms with Gasteiger partial charge in [-0.05, 0) is 50.0 Å². The van der Waals surface area contributed by atoms with Gasteiger partial charge in [0.2, 0.25) is 0 Å². The summed E-state index contributed by atoms with van der Waals surface area (Å²) in [5.74, 6) is 2.09. The molecule has 35 heavy (non-hydrogen) atoms. The zero-order valence-electron chi connectivity index (χ0n) is 20.5. The van der Waals surface area contributed by atoms with Gasteiger partial charge in [0.15, 0.2) is 0 Å². The predicted octanol–water partition coefficient (Wildman–Crippen LogP) is 3.19. The van der Waals surface area contributed by atoms with Crippen LogP contribution in [0.3, 0.4) is 0 Å². The third kappa shape index (κ3) is 4.47. The van der Waals surface area contributed by atoms with E-state index < -0.39 is 0 Å². The van der Waals surface area contributed by atoms with Gasteiger partial charge in [0.1, 0.15) is 17.3 Å². The first-order valence-electron chi connectivity index (χ1n) is 12.4. The standard InChI is InChI=1S/C27H32N8/c1-32-7-11-34(12-8-32)25-4-3-21(17-29-25)22-15-23-24(19-31-27(23)30-18-22)20-5-6-28-26(16-20)35-13-9-33(2)10-14-35/h3-6,15-19H,7-14H2,1-2H3,(H,30,31). The molecule has 6 rings (SSSR count). The number of likely N-dealkylation sites (N-methyl/N-ethyl adjacent to an activating group) is 2. The van der Waals surface area contributed by atoms with E-state index in [0.717, 1.165) is 97.3 Å². The fourth-order valence-corrected chi connectivity index (χ4v) is 4.97. The highest BCUT2D eigenvalue weighted by Gasteiger charge is 2.18. The highest BCUT2D eigenvalue weighted by Crippen LogP contribution is 2.32. The Labute approximate surface area is 206 Å². The summed E-state index contributed by atoms with van der Waals surface area (Å²) in [6.45, 7) is 8.32. The quantitative estimate of drug-likeness (QED) is 0.493. The second-order valence-electron chi connectivity index (χ2n) is 9.71. The van der Waals surface area contributed by atoms with Crippen LogP contribution in [-0.2, 0) is 0 Å². The van der Waals surface area contributed by atoms with E-state index in [1.54, 1.807) is 0 Å². The third-order valence-corrected chi connectivity index (χ3v) is 7.32. The summed E-state index contributed by atoms with van der Waals surface area (Å²) in [6, 6.07) is 10.8. The number of anilines is 2. The van der Waals surface area contributed by atoms with Crippen molar-refractivity contribution >= 4 is 22.7 Å². The van der Waals surface area contributed by atoms with E-state index in [2.05, 4.69) is 80.2 Å². The van der Waals surface area contributed by atoms with Crippen LogP contribution < -0.4 is 9.80 Å². The molecule has 8 heteroatoms. The molecule has 6 heterocycles. The first-order valence-corrected chi connectivity index (χ1v) is 12.4. The van der Waals surface area contributed by atoms with Gasteiger partial charge in [0.05, 0.1) is 0 Å². The number of rotatable bonds is 4. The number of nitrogens with one attached hydrogen (secondary N) is 1. The Hall–Kier alpha value is -3.49. The number of pyridine rings is 3. The molecule has 0 aliphatic carbocycles. The Bertz CT molecular complexity index is 1300. The van der Waals surface area contributed by atoms with Gasteiger partial charge >= 0.3 is 0 Å². The van der Waals surface area contributed by atoms with Crippen molar-refractivity contribution in [1.29, 1.82) is 0 Å². The maximum absolute atomic E-state index is 4.78. The van der Waals surface area contributed by atoms with Crippen LogP contribution in [-0.4, -0.2) is 96.2 Å². The smallest absolute Gasteiger partial charge is 0.137 e. The van der Waals surface area contributed by atoms with Crippen LogP contribution in [0.15, 0.2) is 55.1 Å². The Balaban J connectivity index is 1.27. The Morgan fingerprint density at radius 1 is 0.657 bits per heavy atom. The highest BCUT2D eigenvalue weighted by molar-refractivity contribution is 5.96. The Morgan fingerprint density at radius 2 is 1.34 bits per heavy atom. The molecule has 2 aliphatic heterocycles. The molecule has 0 amide bonds. The number of aromatic amines is 1. The van der Waals surface area contributed by atoms with Crippen LogP contribution in [0.1, 0.15) is 0 Å². The summed E-state index contributed by atoms with van der Waals surface area (Å²) >= 11 is 0. The number of hydrogen-bond donors (Lipinski definition) is 1. The maximum atomic E-state index is 4.78. The molecule has 4 aromatic heterocycles. The number of fused-ring (bicyclic) bond motifs is 1. The third-order valence-electron chi connectivity index (χ3n) is 7.32. The van der Waals surface area contributed by atoms with E-state index in [1.807, 2.05) is 18.6 Å². The summed E-state index contributed by atoms with van der Waals surface area (Å²) in [7, 11) is 4.35. The summed E-state index contributed by atoms with van der Waals surface area (Å²) in [4.78, 5) is 26.9. The van der Waals surface area contributed by atoms with Crippen LogP contribution in [0.25, 0.3) is 33.3 Å². The minimum atomic E-state index is 0.892. The van der Waals surface area contributed by atoms with Gasteiger partial charge in [0.25, 0.3) is 0 Å². The first-order chi connectivity index (χ1) is 17.1. The Morgan fingerprint density at radius 3 is 2.03 bits per heavy atom. The molecule has 1 N–H and O–H groups in total. The molecular formula is C27H32N8. The average molecular weight is 469 g/mol. The average Bonchev–Trinajstić information content (AvgIpc) is 3.33. The molecule has 180 valence electrons. The van der Waals surface area contributed by atoms with Crippen molar-refractivity contribution in [3.8, 4) is 22.3 Å². The lowest BCUT2D eigenvalue weighted by Crippen LogP contribution is -2.44. The summed E-state index contributed by atoms with van der Waals surface area (Å²) < 4.78 is 0. The molecule has 0 saturated carbocycles. The highest BCUT2D eigenvalue weighted by atomic mass is 15.3. The Kier molecular flexibility index (Phi) is 5.83. The van der Waals surface area contributed by atoms with Crippen LogP contribution in [0.5, 0.6) is 0 Å². The monoisotopic (exact) mass is 468 g/mol. The molecule has 0 bridgehead atoms. The topological polar surface area (TPSA) is 67.4 Å². The molecule has 0 unspecified atom stereocenters. The first kappa shape index (κ1) is 22.0. The molecule has 0 atom stereocenters. The lowest BCUT2D eigenvalue weighted by Gasteiger charge is -2.33. The van der Waals surface area contributed by atoms with Crippen molar-refractivity contribution in [2.45, 2.75) is 0 Å². The SMILES string of the molecule is CN1CCN(c2ccc(-c3cnc4[nH]cc(-c5ccnc(N6CCN(C)CC6)c5)c4c3)cn2)CC1. The molecule has 0 radical (unpaired) electrons. The van der Waals surface area contributed by atoms with Crippen molar-refractivity contribution in [1.82, 2.24) is 29.7 Å². The van der Waals surface area contributed by atoms with E-state index in [9.17, 15) is 0 Å². The fourth-order valence-electron chi connectivity index (χ4n) is 4.97. The van der Waals surface area contributed by atoms with E-state index >= 15 is 0 Å². The van der Waals surface area contributed by atoms with Gasteiger partial charge in [-0.2, -0.15) is 0 Å². The van der Waals surface area contributed by atoms with E-state index in [4.69, 9.17) is 9.97 Å². The second-order valence-corrected chi connectivity index (χ2v) is 9.71. The minimum absolute atomic E-state index is 0.892. The minimum Gasteiger partial charge on any atom is -0.354 e. The van der Waals surface area contributed by atoms with Gasteiger partial charge in [-0.25, -0.2) is 15.0 Å². The normalized spacial score (nSPS) is 17.9. The largest absolute Gasteiger partial charge is 0.354 e. The van der Waals surface area contributed by atoms with Crippen LogP contribution in [0, 0.1) is 0 Å². The molecule has 4 aromatic rings. The summed E-state index contributed by atoms with van der Waals surface area (Å²) in [6.07, 6.45) is 7.87. The van der Waals surface area contributed by atoms with Crippen molar-refractivity contribution in [3.63, 3.8) is 0 Å². The van der Waals surface area contributed by atoms with Crippen molar-refractivity contribution in [3.05, 3.63) is 55.1 Å². The molecule has 0 spiro atoms. The number of hydrogen-bond acceptors (Lipinski definition) is 7. The molecule has 0 aromatic carbocycles. The van der Waals surface area contributed by atoms with Crippen LogP contribution >= 0.6 is 0 Å². The zero-order chi connectivity index (χ0) is 23.8. The second kappa shape index (κ2) is 9.28. The van der Waals surface area contributed by atoms with Gasteiger partial charge in [0, 0.05) is 99.2 Å². The van der Waals surface area contributed by atoms with Gasteiger partial charge < -0.3 is 24.6 Å². The van der Waals surface area contributed by atoms with E-state index in [0.29, 0.717) is 0 Å². The zero-order valence-corrected chi connectivity index (χ0v) is 20.5. The van der Waals surface area contributed by atoms with Gasteiger partial charge in [-0.1, -0.05) is 0 Å². The predicted molar refractivity (Wildman–Crippen MR) is 142 cm³/mol. The van der Waals surface area contributed by atoms with Crippen LogP contribution in [0.4, 0.5) is 11.6 Å². The van der Waals surface area contributed by atoms with Gasteiger partial charge in [-0.15, -0.1) is 0 Å². The lowest BCUT2D eigenvalue weighted by molar-refractivity contribution is 0.312. The van der Waals surface area contributed by atoms with Crippen molar-refractivity contribution < 1.29 is 0 Å². The number of nitrogens with zero attached hydrogens (tertiary/aromatic N) is 7. The lowest BCUT2D eigenvalue weighted by atomic mass is 10.0. The number of H-pyrrole nitrogens is 1. The van der Waals surface area contributed by atoms with E-state index in [1.165, 1.54) is 0 Å². The van der Waals surface area contributed by atoms with Crippen molar-refractivity contribution in [2.24, 2.45) is 0 Å². The van der Waals surface area contributed by atoms with Crippen molar-refractivity contribution in [2.75, 3.05) is 76.3 Å². The maximum Gasteiger partial charge on any atom is 0.137 e. The molecule has 2 saturated heterocycles. The van der Waals surface area contributed by atoms with Crippen LogP contribution in [0.2, 0.25) is 0 Å². The number of aromatic nitrogens is 4. The molecule has 2 aliphatic rings. The van der Waals surface area contributed by atoms with Gasteiger partial charge in [-0.3, -0.25) is 0 Å².